The minimum Gasteiger partial charge on any atom is -0.326 e. The van der Waals surface area contributed by atoms with Gasteiger partial charge in [0.05, 0.1) is 5.69 Å². The molecule has 0 unspecified atom stereocenters. The van der Waals surface area contributed by atoms with Crippen LogP contribution in [0.25, 0.3) is 28.3 Å². The lowest BCUT2D eigenvalue weighted by atomic mass is 10.0. The quantitative estimate of drug-likeness (QED) is 0.536. The molecule has 0 aliphatic rings. The van der Waals surface area contributed by atoms with Gasteiger partial charge in [-0.05, 0) is 49.2 Å². The van der Waals surface area contributed by atoms with E-state index in [4.69, 9.17) is 5.10 Å². The van der Waals surface area contributed by atoms with E-state index in [1.165, 1.54) is 0 Å². The highest BCUT2D eigenvalue weighted by atomic mass is 16.1. The number of hydrogen-bond donors (Lipinski definition) is 1. The molecule has 0 atom stereocenters. The Hall–Kier alpha value is -3.61. The number of nitrogens with one attached hydrogen (secondary N) is 1. The summed E-state index contributed by atoms with van der Waals surface area (Å²) in [6, 6.07) is 15.3. The Balaban J connectivity index is 1.61. The summed E-state index contributed by atoms with van der Waals surface area (Å²) in [5, 5.41) is 16.1. The first kappa shape index (κ1) is 18.7. The maximum Gasteiger partial charge on any atom is 0.227 e. The number of nitrogens with zero attached hydrogens (tertiary/aromatic N) is 5. The Morgan fingerprint density at radius 2 is 1.66 bits per heavy atom. The number of aromatic nitrogens is 5. The fraction of sp³-hybridized carbons (Fsp3) is 0.227. The molecule has 3 aromatic heterocycles. The third kappa shape index (κ3) is 3.85. The number of amides is 1. The van der Waals surface area contributed by atoms with Crippen molar-refractivity contribution in [1.29, 1.82) is 0 Å². The Kier molecular flexibility index (Phi) is 5.29. The normalized spacial score (nSPS) is 11.1. The average molecular weight is 386 g/mol. The van der Waals surface area contributed by atoms with Gasteiger partial charge in [0.1, 0.15) is 0 Å². The average Bonchev–Trinajstić information content (AvgIpc) is 3.19. The van der Waals surface area contributed by atoms with Crippen molar-refractivity contribution < 1.29 is 4.79 Å². The van der Waals surface area contributed by atoms with E-state index in [0.717, 1.165) is 35.3 Å². The van der Waals surface area contributed by atoms with Gasteiger partial charge in [-0.1, -0.05) is 26.0 Å². The second-order valence-corrected chi connectivity index (χ2v) is 6.83. The van der Waals surface area contributed by atoms with Gasteiger partial charge in [-0.3, -0.25) is 9.78 Å². The zero-order valence-corrected chi connectivity index (χ0v) is 16.4. The molecule has 1 aromatic carbocycles. The fourth-order valence-corrected chi connectivity index (χ4v) is 3.25. The summed E-state index contributed by atoms with van der Waals surface area (Å²) in [6.07, 6.45) is 5.11. The zero-order valence-electron chi connectivity index (χ0n) is 16.4. The molecule has 1 N–H and O–H groups in total. The largest absolute Gasteiger partial charge is 0.326 e. The van der Waals surface area contributed by atoms with Crippen LogP contribution in [-0.2, 0) is 4.79 Å². The highest BCUT2D eigenvalue weighted by Crippen LogP contribution is 2.23. The van der Waals surface area contributed by atoms with Gasteiger partial charge in [-0.2, -0.15) is 9.61 Å². The van der Waals surface area contributed by atoms with E-state index >= 15 is 0 Å². The molecule has 0 bridgehead atoms. The van der Waals surface area contributed by atoms with E-state index in [0.29, 0.717) is 11.5 Å². The summed E-state index contributed by atoms with van der Waals surface area (Å²) < 4.78 is 1.73. The second kappa shape index (κ2) is 8.18. The van der Waals surface area contributed by atoms with Crippen LogP contribution in [0, 0.1) is 5.92 Å². The zero-order chi connectivity index (χ0) is 20.2. The first-order valence-corrected chi connectivity index (χ1v) is 9.73. The van der Waals surface area contributed by atoms with Gasteiger partial charge in [0.25, 0.3) is 0 Å². The van der Waals surface area contributed by atoms with Crippen molar-refractivity contribution in [3.05, 3.63) is 60.9 Å². The van der Waals surface area contributed by atoms with Crippen molar-refractivity contribution in [2.75, 3.05) is 5.32 Å². The van der Waals surface area contributed by atoms with Gasteiger partial charge >= 0.3 is 0 Å². The van der Waals surface area contributed by atoms with E-state index in [2.05, 4.69) is 20.5 Å². The number of anilines is 1. The number of benzene rings is 1. The minimum atomic E-state index is 0.0408. The van der Waals surface area contributed by atoms with Crippen LogP contribution in [0.3, 0.4) is 0 Å². The summed E-state index contributed by atoms with van der Waals surface area (Å²) in [5.41, 5.74) is 4.10. The fourth-order valence-electron chi connectivity index (χ4n) is 3.25. The molecule has 4 rings (SSSR count). The molecule has 7 nitrogen and oxygen atoms in total. The van der Waals surface area contributed by atoms with Crippen LogP contribution in [0.1, 0.15) is 26.7 Å². The van der Waals surface area contributed by atoms with Crippen LogP contribution in [0.4, 0.5) is 5.69 Å². The molecule has 29 heavy (non-hydrogen) atoms. The summed E-state index contributed by atoms with van der Waals surface area (Å²) >= 11 is 0. The molecule has 0 aliphatic carbocycles. The van der Waals surface area contributed by atoms with Crippen LogP contribution >= 0.6 is 0 Å². The van der Waals surface area contributed by atoms with Crippen molar-refractivity contribution in [2.45, 2.75) is 26.7 Å². The van der Waals surface area contributed by atoms with Crippen LogP contribution in [0.15, 0.2) is 60.9 Å². The molecule has 7 heteroatoms. The SMILES string of the molecule is CCC(CC)C(=O)Nc1ccc(-c2ccc3nnc(-c4ccncc4)n3n2)cc1. The van der Waals surface area contributed by atoms with Gasteiger partial charge in [0, 0.05) is 35.1 Å². The first-order chi connectivity index (χ1) is 14.2. The van der Waals surface area contributed by atoms with E-state index in [1.54, 1.807) is 16.9 Å². The number of pyridine rings is 1. The van der Waals surface area contributed by atoms with Crippen LogP contribution < -0.4 is 5.32 Å². The van der Waals surface area contributed by atoms with Gasteiger partial charge in [-0.25, -0.2) is 0 Å². The summed E-state index contributed by atoms with van der Waals surface area (Å²) in [4.78, 5) is 16.3. The maximum atomic E-state index is 12.3. The van der Waals surface area contributed by atoms with Crippen molar-refractivity contribution in [2.24, 2.45) is 5.92 Å². The maximum absolute atomic E-state index is 12.3. The topological polar surface area (TPSA) is 85.1 Å². The van der Waals surface area contributed by atoms with Crippen molar-refractivity contribution >= 4 is 17.2 Å². The Labute approximate surface area is 168 Å². The van der Waals surface area contributed by atoms with Gasteiger partial charge in [-0.15, -0.1) is 10.2 Å². The predicted octanol–water partition coefficient (Wildman–Crippen LogP) is 4.23. The van der Waals surface area contributed by atoms with E-state index in [9.17, 15) is 4.79 Å². The Morgan fingerprint density at radius 1 is 0.931 bits per heavy atom. The molecule has 0 fully saturated rings. The molecule has 3 heterocycles. The van der Waals surface area contributed by atoms with Crippen molar-refractivity contribution in [3.63, 3.8) is 0 Å². The molecule has 0 radical (unpaired) electrons. The molecule has 0 saturated heterocycles. The third-order valence-electron chi connectivity index (χ3n) is 5.01. The molecule has 1 amide bonds. The monoisotopic (exact) mass is 386 g/mol. The summed E-state index contributed by atoms with van der Waals surface area (Å²) in [7, 11) is 0. The summed E-state index contributed by atoms with van der Waals surface area (Å²) in [6.45, 7) is 4.06. The van der Waals surface area contributed by atoms with Gasteiger partial charge in [0.2, 0.25) is 5.91 Å². The lowest BCUT2D eigenvalue weighted by molar-refractivity contribution is -0.120. The smallest absolute Gasteiger partial charge is 0.227 e. The molecule has 0 spiro atoms. The summed E-state index contributed by atoms with van der Waals surface area (Å²) in [5.74, 6) is 0.770. The van der Waals surface area contributed by atoms with E-state index in [-0.39, 0.29) is 11.8 Å². The number of carbonyl (C=O) groups excluding carboxylic acids is 1. The van der Waals surface area contributed by atoms with E-state index in [1.807, 2.05) is 62.4 Å². The highest BCUT2D eigenvalue weighted by Gasteiger charge is 2.14. The number of hydrogen-bond acceptors (Lipinski definition) is 5. The third-order valence-corrected chi connectivity index (χ3v) is 5.01. The number of fused-ring (bicyclic) bond motifs is 1. The molecular weight excluding hydrogens is 364 g/mol. The van der Waals surface area contributed by atoms with Crippen molar-refractivity contribution in [3.8, 4) is 22.6 Å². The van der Waals surface area contributed by atoms with Crippen LogP contribution in [0.5, 0.6) is 0 Å². The molecule has 146 valence electrons. The second-order valence-electron chi connectivity index (χ2n) is 6.83. The number of carbonyl (C=O) groups is 1. The Bertz CT molecular complexity index is 1120. The number of rotatable bonds is 6. The van der Waals surface area contributed by atoms with Crippen LogP contribution in [-0.4, -0.2) is 30.7 Å². The lowest BCUT2D eigenvalue weighted by Crippen LogP contribution is -2.21. The molecule has 0 aliphatic heterocycles. The lowest BCUT2D eigenvalue weighted by Gasteiger charge is -2.13. The standard InChI is InChI=1S/C22H22N6O/c1-3-15(4-2)22(29)24-18-7-5-16(6-8-18)19-9-10-20-25-26-21(28(20)27-19)17-11-13-23-14-12-17/h5-15H,3-4H2,1-2H3,(H,24,29). The van der Waals surface area contributed by atoms with Crippen LogP contribution in [0.2, 0.25) is 0 Å². The first-order valence-electron chi connectivity index (χ1n) is 9.73. The van der Waals surface area contributed by atoms with Gasteiger partial charge in [0.15, 0.2) is 11.5 Å². The van der Waals surface area contributed by atoms with Gasteiger partial charge < -0.3 is 5.32 Å². The Morgan fingerprint density at radius 3 is 2.34 bits per heavy atom. The predicted molar refractivity (Wildman–Crippen MR) is 112 cm³/mol. The van der Waals surface area contributed by atoms with E-state index < -0.39 is 0 Å². The minimum absolute atomic E-state index is 0.0408. The highest BCUT2D eigenvalue weighted by molar-refractivity contribution is 5.92. The van der Waals surface area contributed by atoms with Crippen molar-refractivity contribution in [1.82, 2.24) is 24.8 Å². The molecule has 0 saturated carbocycles. The molecule has 4 aromatic rings. The molecular formula is C22H22N6O.